The lowest BCUT2D eigenvalue weighted by molar-refractivity contribution is 0.578. The molecule has 4 rings (SSSR count). The normalized spacial score (nSPS) is 14.7. The van der Waals surface area contributed by atoms with Crippen LogP contribution in [-0.2, 0) is 35.8 Å². The van der Waals surface area contributed by atoms with Gasteiger partial charge in [-0.2, -0.15) is 5.10 Å². The van der Waals surface area contributed by atoms with Crippen LogP contribution in [-0.4, -0.2) is 23.0 Å². The molecule has 1 aliphatic carbocycles. The van der Waals surface area contributed by atoms with Crippen molar-refractivity contribution in [3.05, 3.63) is 45.7 Å². The van der Waals surface area contributed by atoms with Crippen molar-refractivity contribution < 1.29 is 8.42 Å². The van der Waals surface area contributed by atoms with E-state index in [-0.39, 0.29) is 6.54 Å². The third-order valence-corrected chi connectivity index (χ3v) is 7.35. The Labute approximate surface area is 157 Å². The number of hydrogen-bond donors (Lipinski definition) is 1. The van der Waals surface area contributed by atoms with Crippen molar-refractivity contribution in [3.63, 3.8) is 0 Å². The van der Waals surface area contributed by atoms with Gasteiger partial charge >= 0.3 is 0 Å². The third-order valence-electron chi connectivity index (χ3n) is 4.90. The Balaban J connectivity index is 1.59. The van der Waals surface area contributed by atoms with Crippen LogP contribution in [0.3, 0.4) is 0 Å². The number of nitrogens with zero attached hydrogens (tertiary/aromatic N) is 3. The molecule has 0 spiro atoms. The first kappa shape index (κ1) is 17.6. The molecule has 0 fully saturated rings. The number of sulfonamides is 1. The number of rotatable bonds is 5. The highest BCUT2D eigenvalue weighted by atomic mass is 32.2. The Morgan fingerprint density at radius 1 is 1.23 bits per heavy atom. The Bertz CT molecular complexity index is 1070. The summed E-state index contributed by atoms with van der Waals surface area (Å²) in [6, 6.07) is 5.50. The van der Waals surface area contributed by atoms with E-state index in [0.29, 0.717) is 4.90 Å². The molecule has 0 aliphatic heterocycles. The summed E-state index contributed by atoms with van der Waals surface area (Å²) >= 11 is 1.54. The highest BCUT2D eigenvalue weighted by molar-refractivity contribution is 7.89. The lowest BCUT2D eigenvalue weighted by Crippen LogP contribution is -2.25. The summed E-state index contributed by atoms with van der Waals surface area (Å²) in [5, 5.41) is 5.51. The fourth-order valence-corrected chi connectivity index (χ4v) is 5.34. The van der Waals surface area contributed by atoms with Crippen molar-refractivity contribution in [1.82, 2.24) is 19.3 Å². The number of nitrogens with one attached hydrogen (secondary N) is 1. The number of benzene rings is 1. The molecule has 1 aromatic carbocycles. The van der Waals surface area contributed by atoms with Gasteiger partial charge in [-0.25, -0.2) is 22.6 Å². The third kappa shape index (κ3) is 3.17. The minimum absolute atomic E-state index is 0.180. The SMILES string of the molecule is CCc1nn2c(CNS(=O)(=O)c3ccc4c(c3)CCCC4)c(C)nc2s1. The van der Waals surface area contributed by atoms with Crippen LogP contribution in [0.25, 0.3) is 4.96 Å². The van der Waals surface area contributed by atoms with E-state index in [9.17, 15) is 8.42 Å². The molecule has 8 heteroatoms. The summed E-state index contributed by atoms with van der Waals surface area (Å²) in [4.78, 5) is 5.64. The highest BCUT2D eigenvalue weighted by Crippen LogP contribution is 2.24. The molecule has 26 heavy (non-hydrogen) atoms. The molecule has 138 valence electrons. The monoisotopic (exact) mass is 390 g/mol. The van der Waals surface area contributed by atoms with Gasteiger partial charge in [-0.3, -0.25) is 0 Å². The Morgan fingerprint density at radius 2 is 2.00 bits per heavy atom. The smallest absolute Gasteiger partial charge is 0.223 e. The molecule has 1 aliphatic rings. The second-order valence-electron chi connectivity index (χ2n) is 6.65. The van der Waals surface area contributed by atoms with Crippen molar-refractivity contribution in [2.75, 3.05) is 0 Å². The minimum Gasteiger partial charge on any atom is -0.223 e. The standard InChI is InChI=1S/C18H22N4O2S2/c1-3-17-21-22-16(12(2)20-18(22)25-17)11-19-26(23,24)15-9-8-13-6-4-5-7-14(13)10-15/h8-10,19H,3-7,11H2,1-2H3. The number of aromatic nitrogens is 3. The average Bonchev–Trinajstić information content (AvgIpc) is 3.16. The van der Waals surface area contributed by atoms with Crippen LogP contribution in [0.5, 0.6) is 0 Å². The largest absolute Gasteiger partial charge is 0.240 e. The van der Waals surface area contributed by atoms with Crippen LogP contribution in [0.1, 0.15) is 47.3 Å². The molecule has 6 nitrogen and oxygen atoms in total. The molecule has 3 aromatic rings. The molecular weight excluding hydrogens is 368 g/mol. The zero-order chi connectivity index (χ0) is 18.3. The fraction of sp³-hybridized carbons (Fsp3) is 0.444. The summed E-state index contributed by atoms with van der Waals surface area (Å²) in [6.07, 6.45) is 5.15. The zero-order valence-corrected chi connectivity index (χ0v) is 16.6. The average molecular weight is 391 g/mol. The van der Waals surface area contributed by atoms with E-state index < -0.39 is 10.0 Å². The van der Waals surface area contributed by atoms with Crippen molar-refractivity contribution >= 4 is 26.3 Å². The van der Waals surface area contributed by atoms with E-state index in [0.717, 1.165) is 52.6 Å². The second-order valence-corrected chi connectivity index (χ2v) is 9.46. The molecule has 1 N–H and O–H groups in total. The lowest BCUT2D eigenvalue weighted by Gasteiger charge is -2.16. The van der Waals surface area contributed by atoms with Crippen molar-refractivity contribution in [3.8, 4) is 0 Å². The summed E-state index contributed by atoms with van der Waals surface area (Å²) in [7, 11) is -3.57. The van der Waals surface area contributed by atoms with Gasteiger partial charge in [0, 0.05) is 0 Å². The maximum Gasteiger partial charge on any atom is 0.240 e. The second kappa shape index (κ2) is 6.75. The van der Waals surface area contributed by atoms with E-state index in [2.05, 4.69) is 14.8 Å². The van der Waals surface area contributed by atoms with Crippen LogP contribution in [0.4, 0.5) is 0 Å². The molecule has 0 saturated carbocycles. The first-order valence-corrected chi connectivity index (χ1v) is 11.2. The van der Waals surface area contributed by atoms with Crippen molar-refractivity contribution in [2.24, 2.45) is 0 Å². The Kier molecular flexibility index (Phi) is 4.58. The van der Waals surface area contributed by atoms with Gasteiger partial charge in [0.25, 0.3) is 0 Å². The molecule has 0 unspecified atom stereocenters. The van der Waals surface area contributed by atoms with Gasteiger partial charge < -0.3 is 0 Å². The quantitative estimate of drug-likeness (QED) is 0.726. The van der Waals surface area contributed by atoms with Crippen LogP contribution in [0, 0.1) is 6.92 Å². The maximum absolute atomic E-state index is 12.8. The van der Waals surface area contributed by atoms with E-state index >= 15 is 0 Å². The fourth-order valence-electron chi connectivity index (χ4n) is 3.40. The van der Waals surface area contributed by atoms with Crippen LogP contribution in [0.15, 0.2) is 23.1 Å². The number of aryl methyl sites for hydroxylation is 4. The number of imidazole rings is 1. The molecule has 2 heterocycles. The molecule has 0 saturated heterocycles. The van der Waals surface area contributed by atoms with Crippen LogP contribution in [0.2, 0.25) is 0 Å². The number of fused-ring (bicyclic) bond motifs is 2. The van der Waals surface area contributed by atoms with Gasteiger partial charge in [-0.1, -0.05) is 24.3 Å². The molecule has 0 radical (unpaired) electrons. The van der Waals surface area contributed by atoms with E-state index in [1.54, 1.807) is 21.9 Å². The van der Waals surface area contributed by atoms with E-state index in [1.165, 1.54) is 12.0 Å². The van der Waals surface area contributed by atoms with Crippen LogP contribution >= 0.6 is 11.3 Å². The van der Waals surface area contributed by atoms with Gasteiger partial charge in [0.15, 0.2) is 0 Å². The van der Waals surface area contributed by atoms with Crippen molar-refractivity contribution in [1.29, 1.82) is 0 Å². The lowest BCUT2D eigenvalue weighted by atomic mass is 9.92. The Morgan fingerprint density at radius 3 is 2.77 bits per heavy atom. The van der Waals surface area contributed by atoms with E-state index in [4.69, 9.17) is 0 Å². The maximum atomic E-state index is 12.8. The zero-order valence-electron chi connectivity index (χ0n) is 14.9. The summed E-state index contributed by atoms with van der Waals surface area (Å²) < 4.78 is 30.0. The van der Waals surface area contributed by atoms with Gasteiger partial charge in [-0.05, 0) is 62.3 Å². The van der Waals surface area contributed by atoms with Gasteiger partial charge in [0.2, 0.25) is 15.0 Å². The van der Waals surface area contributed by atoms with E-state index in [1.807, 2.05) is 26.0 Å². The highest BCUT2D eigenvalue weighted by Gasteiger charge is 2.20. The topological polar surface area (TPSA) is 76.4 Å². The Hall–Kier alpha value is -1.77. The summed E-state index contributed by atoms with van der Waals surface area (Å²) in [5.74, 6) is 0. The predicted molar refractivity (Wildman–Crippen MR) is 102 cm³/mol. The first-order chi connectivity index (χ1) is 12.5. The predicted octanol–water partition coefficient (Wildman–Crippen LogP) is 3.02. The molecule has 0 bridgehead atoms. The summed E-state index contributed by atoms with van der Waals surface area (Å²) in [6.45, 7) is 4.11. The number of hydrogen-bond acceptors (Lipinski definition) is 5. The summed E-state index contributed by atoms with van der Waals surface area (Å²) in [5.41, 5.74) is 4.03. The van der Waals surface area contributed by atoms with Gasteiger partial charge in [0.1, 0.15) is 5.01 Å². The first-order valence-electron chi connectivity index (χ1n) is 8.93. The molecule has 0 amide bonds. The minimum atomic E-state index is -3.57. The molecule has 2 aromatic heterocycles. The molecule has 0 atom stereocenters. The van der Waals surface area contributed by atoms with Crippen molar-refractivity contribution in [2.45, 2.75) is 57.4 Å². The molecular formula is C18H22N4O2S2. The van der Waals surface area contributed by atoms with Crippen LogP contribution < -0.4 is 4.72 Å². The van der Waals surface area contributed by atoms with Gasteiger partial charge in [0.05, 0.1) is 22.8 Å². The van der Waals surface area contributed by atoms with Gasteiger partial charge in [-0.15, -0.1) is 0 Å².